The predicted octanol–water partition coefficient (Wildman–Crippen LogP) is 2.17. The van der Waals surface area contributed by atoms with Crippen LogP contribution in [0.2, 0.25) is 0 Å². The number of amides is 1. The summed E-state index contributed by atoms with van der Waals surface area (Å²) in [6.07, 6.45) is 1.06. The molecule has 1 atom stereocenters. The molecular weight excluding hydrogens is 304 g/mol. The van der Waals surface area contributed by atoms with E-state index < -0.39 is 0 Å². The highest BCUT2D eigenvalue weighted by molar-refractivity contribution is 5.85. The van der Waals surface area contributed by atoms with E-state index in [2.05, 4.69) is 17.6 Å². The largest absolute Gasteiger partial charge is 0.497 e. The highest BCUT2D eigenvalue weighted by Crippen LogP contribution is 2.24. The van der Waals surface area contributed by atoms with Gasteiger partial charge in [0.2, 0.25) is 5.91 Å². The second kappa shape index (κ2) is 11.2. The number of methoxy groups -OCH3 is 2. The molecule has 0 aliphatic heterocycles. The van der Waals surface area contributed by atoms with Gasteiger partial charge in [0.15, 0.2) is 0 Å². The van der Waals surface area contributed by atoms with Crippen molar-refractivity contribution in [1.82, 2.24) is 10.6 Å². The summed E-state index contributed by atoms with van der Waals surface area (Å²) in [6, 6.07) is 5.90. The second-order valence-electron chi connectivity index (χ2n) is 4.94. The monoisotopic (exact) mass is 330 g/mol. The van der Waals surface area contributed by atoms with Crippen LogP contribution in [0.15, 0.2) is 18.2 Å². The Bertz CT molecular complexity index is 455. The molecule has 1 aromatic rings. The van der Waals surface area contributed by atoms with Gasteiger partial charge in [-0.15, -0.1) is 12.4 Å². The van der Waals surface area contributed by atoms with Crippen LogP contribution in [0.5, 0.6) is 11.5 Å². The first-order valence-corrected chi connectivity index (χ1v) is 7.31. The van der Waals surface area contributed by atoms with Crippen molar-refractivity contribution in [3.05, 3.63) is 23.8 Å². The highest BCUT2D eigenvalue weighted by Gasteiger charge is 2.09. The van der Waals surface area contributed by atoms with Crippen molar-refractivity contribution in [1.29, 1.82) is 0 Å². The second-order valence-corrected chi connectivity index (χ2v) is 4.94. The maximum atomic E-state index is 11.9. The molecule has 5 nitrogen and oxygen atoms in total. The van der Waals surface area contributed by atoms with Crippen molar-refractivity contribution >= 4 is 18.3 Å². The zero-order chi connectivity index (χ0) is 15.7. The van der Waals surface area contributed by atoms with Crippen LogP contribution < -0.4 is 20.1 Å². The molecule has 6 heteroatoms. The molecule has 0 fully saturated rings. The summed E-state index contributed by atoms with van der Waals surface area (Å²) in [4.78, 5) is 11.9. The minimum absolute atomic E-state index is 0. The summed E-state index contributed by atoms with van der Waals surface area (Å²) in [5.74, 6) is 1.60. The van der Waals surface area contributed by atoms with Crippen molar-refractivity contribution in [2.75, 3.05) is 27.3 Å². The van der Waals surface area contributed by atoms with E-state index in [0.717, 1.165) is 23.6 Å². The number of hydrogen-bond acceptors (Lipinski definition) is 4. The molecule has 0 heterocycles. The number of halogens is 1. The van der Waals surface area contributed by atoms with E-state index in [9.17, 15) is 4.79 Å². The van der Waals surface area contributed by atoms with E-state index in [0.29, 0.717) is 19.4 Å². The lowest BCUT2D eigenvalue weighted by atomic mass is 10.1. The van der Waals surface area contributed by atoms with Gasteiger partial charge in [-0.2, -0.15) is 0 Å². The molecule has 1 rings (SSSR count). The summed E-state index contributed by atoms with van der Waals surface area (Å²) in [5.41, 5.74) is 0.978. The number of carbonyl (C=O) groups is 1. The first kappa shape index (κ1) is 20.5. The fraction of sp³-hybridized carbons (Fsp3) is 0.562. The Morgan fingerprint density at radius 1 is 1.27 bits per heavy atom. The molecule has 1 amide bonds. The van der Waals surface area contributed by atoms with Gasteiger partial charge < -0.3 is 20.1 Å². The van der Waals surface area contributed by atoms with Crippen LogP contribution >= 0.6 is 12.4 Å². The number of likely N-dealkylation sites (N-methyl/N-ethyl adjacent to an activating group) is 1. The molecule has 0 aromatic heterocycles. The van der Waals surface area contributed by atoms with Gasteiger partial charge >= 0.3 is 0 Å². The minimum Gasteiger partial charge on any atom is -0.497 e. The number of rotatable bonds is 9. The fourth-order valence-electron chi connectivity index (χ4n) is 2.10. The summed E-state index contributed by atoms with van der Waals surface area (Å²) in [7, 11) is 3.25. The maximum Gasteiger partial charge on any atom is 0.220 e. The number of hydrogen-bond donors (Lipinski definition) is 2. The van der Waals surface area contributed by atoms with E-state index >= 15 is 0 Å². The van der Waals surface area contributed by atoms with Crippen molar-refractivity contribution in [3.8, 4) is 11.5 Å². The molecule has 0 saturated carbocycles. The number of nitrogens with one attached hydrogen (secondary N) is 2. The average Bonchev–Trinajstić information content (AvgIpc) is 2.50. The first-order valence-electron chi connectivity index (χ1n) is 7.31. The Kier molecular flexibility index (Phi) is 10.4. The highest BCUT2D eigenvalue weighted by atomic mass is 35.5. The molecule has 2 N–H and O–H groups in total. The number of ether oxygens (including phenoxy) is 2. The maximum absolute atomic E-state index is 11.9. The molecule has 0 aliphatic carbocycles. The molecule has 0 bridgehead atoms. The van der Waals surface area contributed by atoms with Crippen LogP contribution in [-0.2, 0) is 11.2 Å². The van der Waals surface area contributed by atoms with Gasteiger partial charge in [-0.05, 0) is 43.7 Å². The van der Waals surface area contributed by atoms with Gasteiger partial charge in [-0.3, -0.25) is 4.79 Å². The Labute approximate surface area is 139 Å². The average molecular weight is 331 g/mol. The Morgan fingerprint density at radius 3 is 2.59 bits per heavy atom. The Morgan fingerprint density at radius 2 is 2.00 bits per heavy atom. The third-order valence-corrected chi connectivity index (χ3v) is 3.27. The Balaban J connectivity index is 0.00000441. The van der Waals surface area contributed by atoms with E-state index in [4.69, 9.17) is 9.47 Å². The zero-order valence-corrected chi connectivity index (χ0v) is 14.6. The molecule has 1 aromatic carbocycles. The number of aryl methyl sites for hydroxylation is 1. The van der Waals surface area contributed by atoms with Gasteiger partial charge in [0.25, 0.3) is 0 Å². The van der Waals surface area contributed by atoms with Crippen LogP contribution in [0.3, 0.4) is 0 Å². The zero-order valence-electron chi connectivity index (χ0n) is 13.8. The van der Waals surface area contributed by atoms with Crippen LogP contribution in [0.25, 0.3) is 0 Å². The lowest BCUT2D eigenvalue weighted by Crippen LogP contribution is -2.38. The first-order chi connectivity index (χ1) is 10.1. The van der Waals surface area contributed by atoms with E-state index in [1.54, 1.807) is 14.2 Å². The van der Waals surface area contributed by atoms with Crippen LogP contribution in [0.4, 0.5) is 0 Å². The van der Waals surface area contributed by atoms with E-state index in [1.165, 1.54) is 0 Å². The third kappa shape index (κ3) is 7.00. The molecule has 126 valence electrons. The molecule has 22 heavy (non-hydrogen) atoms. The Hall–Kier alpha value is -1.46. The van der Waals surface area contributed by atoms with Gasteiger partial charge in [0, 0.05) is 19.0 Å². The van der Waals surface area contributed by atoms with Crippen molar-refractivity contribution in [3.63, 3.8) is 0 Å². The summed E-state index contributed by atoms with van der Waals surface area (Å²) < 4.78 is 10.5. The van der Waals surface area contributed by atoms with Crippen LogP contribution in [0.1, 0.15) is 25.8 Å². The van der Waals surface area contributed by atoms with Crippen LogP contribution in [0, 0.1) is 0 Å². The van der Waals surface area contributed by atoms with Crippen molar-refractivity contribution in [2.45, 2.75) is 32.7 Å². The predicted molar refractivity (Wildman–Crippen MR) is 91.3 cm³/mol. The normalized spacial score (nSPS) is 11.3. The molecule has 0 saturated heterocycles. The van der Waals surface area contributed by atoms with Crippen molar-refractivity contribution in [2.24, 2.45) is 0 Å². The molecule has 0 spiro atoms. The van der Waals surface area contributed by atoms with Gasteiger partial charge in [-0.1, -0.05) is 6.92 Å². The van der Waals surface area contributed by atoms with Gasteiger partial charge in [0.1, 0.15) is 11.5 Å². The standard InChI is InChI=1S/C16H26N2O3.ClH/c1-5-17-12(2)11-18-16(19)9-6-13-10-14(20-3)7-8-15(13)21-4;/h7-8,10,12,17H,5-6,9,11H2,1-4H3,(H,18,19);1H/t12-;/m1./s1. The molecule has 0 radical (unpaired) electrons. The molecule has 0 aliphatic rings. The number of benzene rings is 1. The lowest BCUT2D eigenvalue weighted by Gasteiger charge is -2.14. The van der Waals surface area contributed by atoms with Crippen molar-refractivity contribution < 1.29 is 14.3 Å². The lowest BCUT2D eigenvalue weighted by molar-refractivity contribution is -0.121. The number of carbonyl (C=O) groups excluding carboxylic acids is 1. The minimum atomic E-state index is 0. The van der Waals surface area contributed by atoms with E-state index in [1.807, 2.05) is 25.1 Å². The summed E-state index contributed by atoms with van der Waals surface area (Å²) >= 11 is 0. The topological polar surface area (TPSA) is 59.6 Å². The van der Waals surface area contributed by atoms with Gasteiger partial charge in [0.05, 0.1) is 14.2 Å². The third-order valence-electron chi connectivity index (χ3n) is 3.27. The summed E-state index contributed by atoms with van der Waals surface area (Å²) in [5, 5.41) is 6.19. The smallest absolute Gasteiger partial charge is 0.220 e. The van der Waals surface area contributed by atoms with E-state index in [-0.39, 0.29) is 24.4 Å². The summed E-state index contributed by atoms with van der Waals surface area (Å²) in [6.45, 7) is 5.64. The van der Waals surface area contributed by atoms with Crippen LogP contribution in [-0.4, -0.2) is 39.3 Å². The quantitative estimate of drug-likeness (QED) is 0.728. The molecule has 0 unspecified atom stereocenters. The molecular formula is C16H27ClN2O3. The SMILES string of the molecule is CCN[C@H](C)CNC(=O)CCc1cc(OC)ccc1OC.Cl. The fourth-order valence-corrected chi connectivity index (χ4v) is 2.10. The van der Waals surface area contributed by atoms with Gasteiger partial charge in [-0.25, -0.2) is 0 Å².